The summed E-state index contributed by atoms with van der Waals surface area (Å²) >= 11 is 19.5. The lowest BCUT2D eigenvalue weighted by atomic mass is 10.1. The lowest BCUT2D eigenvalue weighted by Gasteiger charge is -2.13. The zero-order chi connectivity index (χ0) is 23.1. The maximum atomic E-state index is 13.1. The highest BCUT2D eigenvalue weighted by atomic mass is 35.5. The molecule has 1 fully saturated rings. The Bertz CT molecular complexity index is 1460. The number of carbonyl (C=O) groups is 2. The van der Waals surface area contributed by atoms with Crippen LogP contribution < -0.4 is 4.90 Å². The quantitative estimate of drug-likeness (QED) is 0.261. The van der Waals surface area contributed by atoms with Crippen molar-refractivity contribution < 1.29 is 9.59 Å². The van der Waals surface area contributed by atoms with E-state index in [1.165, 1.54) is 0 Å². The topological polar surface area (TPSA) is 42.3 Å². The van der Waals surface area contributed by atoms with E-state index in [9.17, 15) is 9.59 Å². The third-order valence-corrected chi connectivity index (χ3v) is 7.13. The Morgan fingerprint density at radius 3 is 2.42 bits per heavy atom. The number of aromatic nitrogens is 1. The van der Waals surface area contributed by atoms with Crippen molar-refractivity contribution in [2.24, 2.45) is 0 Å². The Morgan fingerprint density at radius 2 is 1.64 bits per heavy atom. The number of hydrogen-bond donors (Lipinski definition) is 0. The van der Waals surface area contributed by atoms with E-state index < -0.39 is 5.91 Å². The van der Waals surface area contributed by atoms with Gasteiger partial charge in [0, 0.05) is 39.3 Å². The van der Waals surface area contributed by atoms with E-state index in [1.807, 2.05) is 36.5 Å². The van der Waals surface area contributed by atoms with E-state index in [4.69, 9.17) is 34.8 Å². The Kier molecular flexibility index (Phi) is 5.97. The standard InChI is InChI=1S/C25H15Cl3N2O2S/c26-17-10-9-15(20(28)12-17)13-29-14-16(18-5-1-3-7-21(18)29)11-23-24(31)30(25(32)33-23)22-8-4-2-6-19(22)27/h1-12,14H,13H2/b23-11-. The van der Waals surface area contributed by atoms with Crippen molar-refractivity contribution in [1.29, 1.82) is 0 Å². The van der Waals surface area contributed by atoms with Crippen LogP contribution in [0.15, 0.2) is 77.8 Å². The van der Waals surface area contributed by atoms with Crippen LogP contribution in [0.2, 0.25) is 15.1 Å². The molecule has 2 heterocycles. The molecule has 0 saturated carbocycles. The number of rotatable bonds is 4. The second-order valence-corrected chi connectivity index (χ2v) is 9.68. The summed E-state index contributed by atoms with van der Waals surface area (Å²) in [7, 11) is 0. The Hall–Kier alpha value is -2.70. The summed E-state index contributed by atoms with van der Waals surface area (Å²) < 4.78 is 2.06. The Balaban J connectivity index is 1.54. The predicted octanol–water partition coefficient (Wildman–Crippen LogP) is 7.89. The van der Waals surface area contributed by atoms with Crippen molar-refractivity contribution in [3.63, 3.8) is 0 Å². The zero-order valence-electron chi connectivity index (χ0n) is 17.0. The Labute approximate surface area is 209 Å². The van der Waals surface area contributed by atoms with Crippen LogP contribution in [0.1, 0.15) is 11.1 Å². The third-order valence-electron chi connectivity index (χ3n) is 5.35. The summed E-state index contributed by atoms with van der Waals surface area (Å²) in [5.41, 5.74) is 3.12. The van der Waals surface area contributed by atoms with Gasteiger partial charge in [0.15, 0.2) is 0 Å². The number of halogens is 3. The highest BCUT2D eigenvalue weighted by Crippen LogP contribution is 2.39. The molecule has 5 rings (SSSR count). The molecule has 0 radical (unpaired) electrons. The van der Waals surface area contributed by atoms with Crippen LogP contribution in [0.3, 0.4) is 0 Å². The molecule has 2 amide bonds. The predicted molar refractivity (Wildman–Crippen MR) is 137 cm³/mol. The highest BCUT2D eigenvalue weighted by Gasteiger charge is 2.37. The molecular weight excluding hydrogens is 499 g/mol. The Morgan fingerprint density at radius 1 is 0.879 bits per heavy atom. The first kappa shape index (κ1) is 22.1. The van der Waals surface area contributed by atoms with Gasteiger partial charge in [-0.25, -0.2) is 4.90 Å². The van der Waals surface area contributed by atoms with Crippen LogP contribution in [-0.4, -0.2) is 15.7 Å². The number of imide groups is 1. The van der Waals surface area contributed by atoms with Gasteiger partial charge < -0.3 is 4.57 Å². The summed E-state index contributed by atoms with van der Waals surface area (Å²) in [6.45, 7) is 0.533. The minimum atomic E-state index is -0.393. The first-order valence-electron chi connectivity index (χ1n) is 9.96. The molecule has 4 nitrogen and oxygen atoms in total. The number of thioether (sulfide) groups is 1. The monoisotopic (exact) mass is 512 g/mol. The summed E-state index contributed by atoms with van der Waals surface area (Å²) in [6.07, 6.45) is 3.71. The summed E-state index contributed by atoms with van der Waals surface area (Å²) in [5.74, 6) is -0.393. The normalized spacial score (nSPS) is 15.2. The number of hydrogen-bond acceptors (Lipinski definition) is 3. The molecule has 3 aromatic carbocycles. The number of benzene rings is 3. The van der Waals surface area contributed by atoms with Gasteiger partial charge in [0.05, 0.1) is 15.6 Å². The molecule has 1 aliphatic heterocycles. The molecule has 4 aromatic rings. The minimum absolute atomic E-state index is 0.340. The first-order valence-corrected chi connectivity index (χ1v) is 11.9. The summed E-state index contributed by atoms with van der Waals surface area (Å²) in [5, 5.41) is 2.10. The molecule has 164 valence electrons. The van der Waals surface area contributed by atoms with E-state index >= 15 is 0 Å². The van der Waals surface area contributed by atoms with E-state index in [0.717, 1.165) is 38.7 Å². The maximum Gasteiger partial charge on any atom is 0.298 e. The fraction of sp³-hybridized carbons (Fsp3) is 0.0400. The second-order valence-electron chi connectivity index (χ2n) is 7.43. The van der Waals surface area contributed by atoms with Gasteiger partial charge in [-0.15, -0.1) is 0 Å². The van der Waals surface area contributed by atoms with Gasteiger partial charge in [-0.3, -0.25) is 9.59 Å². The van der Waals surface area contributed by atoms with Gasteiger partial charge in [-0.1, -0.05) is 71.2 Å². The van der Waals surface area contributed by atoms with Crippen molar-refractivity contribution >= 4 is 80.4 Å². The second kappa shape index (κ2) is 8.92. The zero-order valence-corrected chi connectivity index (χ0v) is 20.1. The maximum absolute atomic E-state index is 13.1. The van der Waals surface area contributed by atoms with Crippen molar-refractivity contribution in [2.45, 2.75) is 6.54 Å². The fourth-order valence-electron chi connectivity index (χ4n) is 3.80. The van der Waals surface area contributed by atoms with Gasteiger partial charge in [0.25, 0.3) is 11.1 Å². The van der Waals surface area contributed by atoms with Gasteiger partial charge >= 0.3 is 0 Å². The molecule has 0 unspecified atom stereocenters. The summed E-state index contributed by atoms with van der Waals surface area (Å²) in [6, 6.07) is 20.1. The largest absolute Gasteiger partial charge is 0.342 e. The number of carbonyl (C=O) groups excluding carboxylic acids is 2. The van der Waals surface area contributed by atoms with Gasteiger partial charge in [0.1, 0.15) is 0 Å². The van der Waals surface area contributed by atoms with Crippen molar-refractivity contribution in [2.75, 3.05) is 4.90 Å². The number of amides is 2. The first-order chi connectivity index (χ1) is 15.9. The number of nitrogens with zero attached hydrogens (tertiary/aromatic N) is 2. The van der Waals surface area contributed by atoms with Gasteiger partial charge in [-0.2, -0.15) is 0 Å². The molecule has 0 spiro atoms. The van der Waals surface area contributed by atoms with Crippen molar-refractivity contribution in [1.82, 2.24) is 4.57 Å². The minimum Gasteiger partial charge on any atom is -0.342 e. The van der Waals surface area contributed by atoms with Crippen LogP contribution in [0.25, 0.3) is 17.0 Å². The van der Waals surface area contributed by atoms with Crippen LogP contribution in [0.5, 0.6) is 0 Å². The van der Waals surface area contributed by atoms with E-state index in [1.54, 1.807) is 42.5 Å². The lowest BCUT2D eigenvalue weighted by Crippen LogP contribution is -2.27. The average Bonchev–Trinajstić information content (AvgIpc) is 3.27. The smallest absolute Gasteiger partial charge is 0.298 e. The fourth-order valence-corrected chi connectivity index (χ4v) is 5.32. The molecule has 1 aliphatic rings. The average molecular weight is 514 g/mol. The molecule has 33 heavy (non-hydrogen) atoms. The summed E-state index contributed by atoms with van der Waals surface area (Å²) in [4.78, 5) is 27.2. The molecule has 0 aliphatic carbocycles. The SMILES string of the molecule is O=C1S/C(=C\c2cn(Cc3ccc(Cl)cc3Cl)c3ccccc23)C(=O)N1c1ccccc1Cl. The molecule has 1 aromatic heterocycles. The van der Waals surface area contributed by atoms with Crippen molar-refractivity contribution in [3.8, 4) is 0 Å². The molecule has 1 saturated heterocycles. The number of anilines is 1. The number of para-hydroxylation sites is 2. The van der Waals surface area contributed by atoms with Crippen LogP contribution >= 0.6 is 46.6 Å². The van der Waals surface area contributed by atoms with Gasteiger partial charge in [-0.05, 0) is 53.7 Å². The highest BCUT2D eigenvalue weighted by molar-refractivity contribution is 8.19. The number of fused-ring (bicyclic) bond motifs is 1. The molecule has 0 atom stereocenters. The van der Waals surface area contributed by atoms with Crippen LogP contribution in [-0.2, 0) is 11.3 Å². The van der Waals surface area contributed by atoms with E-state index in [-0.39, 0.29) is 5.24 Å². The molecular formula is C25H15Cl3N2O2S. The molecule has 0 bridgehead atoms. The van der Waals surface area contributed by atoms with Gasteiger partial charge in [0.2, 0.25) is 0 Å². The molecule has 8 heteroatoms. The molecule has 0 N–H and O–H groups in total. The lowest BCUT2D eigenvalue weighted by molar-refractivity contribution is -0.113. The van der Waals surface area contributed by atoms with E-state index in [2.05, 4.69) is 4.57 Å². The third kappa shape index (κ3) is 4.18. The van der Waals surface area contributed by atoms with Crippen LogP contribution in [0.4, 0.5) is 10.5 Å². The van der Waals surface area contributed by atoms with Crippen LogP contribution in [0, 0.1) is 0 Å². The van der Waals surface area contributed by atoms with Crippen molar-refractivity contribution in [3.05, 3.63) is 104 Å². The van der Waals surface area contributed by atoms with E-state index in [0.29, 0.717) is 32.2 Å².